The van der Waals surface area contributed by atoms with E-state index in [4.69, 9.17) is 10.2 Å². The molecule has 0 aliphatic carbocycles. The van der Waals surface area contributed by atoms with Crippen molar-refractivity contribution < 1.29 is 15.0 Å². The van der Waals surface area contributed by atoms with Crippen LogP contribution in [-0.2, 0) is 4.79 Å². The zero-order chi connectivity index (χ0) is 5.86. The second-order valence-corrected chi connectivity index (χ2v) is 1.07. The monoisotopic (exact) mass is 102 g/mol. The lowest BCUT2D eigenvalue weighted by Crippen LogP contribution is -2.01. The summed E-state index contributed by atoms with van der Waals surface area (Å²) in [7, 11) is 0. The molecule has 0 aromatic rings. The van der Waals surface area contributed by atoms with Gasteiger partial charge in [-0.2, -0.15) is 0 Å². The molecule has 0 rings (SSSR count). The Bertz CT molecular complexity index is 95.1. The lowest BCUT2D eigenvalue weighted by molar-refractivity contribution is -0.133. The third kappa shape index (κ3) is 1.94. The Balaban J connectivity index is 3.58. The molecule has 0 bridgehead atoms. The summed E-state index contributed by atoms with van der Waals surface area (Å²) < 4.78 is 0. The molecule has 0 fully saturated rings. The number of carboxylic acids is 1. The topological polar surface area (TPSA) is 57.5 Å². The maximum Gasteiger partial charge on any atom is 0.333 e. The predicted octanol–water partition coefficient (Wildman–Crippen LogP) is -0.380. The van der Waals surface area contributed by atoms with Gasteiger partial charge in [0.1, 0.15) is 0 Å². The van der Waals surface area contributed by atoms with Gasteiger partial charge in [0.2, 0.25) is 0 Å². The highest BCUT2D eigenvalue weighted by Crippen LogP contribution is 1.83. The van der Waals surface area contributed by atoms with Gasteiger partial charge in [0, 0.05) is 0 Å². The van der Waals surface area contributed by atoms with Gasteiger partial charge in [-0.1, -0.05) is 6.58 Å². The van der Waals surface area contributed by atoms with E-state index in [0.29, 0.717) is 0 Å². The fraction of sp³-hybridized carbons (Fsp3) is 0.250. The van der Waals surface area contributed by atoms with E-state index in [1.807, 2.05) is 0 Å². The first-order valence-corrected chi connectivity index (χ1v) is 1.70. The van der Waals surface area contributed by atoms with Crippen molar-refractivity contribution in [3.8, 4) is 0 Å². The first kappa shape index (κ1) is 6.17. The van der Waals surface area contributed by atoms with Crippen molar-refractivity contribution in [1.29, 1.82) is 0 Å². The SMILES string of the molecule is C=C(CO)C(=O)O. The predicted molar refractivity (Wildman–Crippen MR) is 23.9 cm³/mol. The van der Waals surface area contributed by atoms with Crippen LogP contribution in [0.1, 0.15) is 0 Å². The van der Waals surface area contributed by atoms with E-state index < -0.39 is 12.6 Å². The van der Waals surface area contributed by atoms with Crippen LogP contribution < -0.4 is 0 Å². The fourth-order valence-electron chi connectivity index (χ4n) is 0.0676. The number of aliphatic hydroxyl groups is 1. The Morgan fingerprint density at radius 3 is 2.14 bits per heavy atom. The third-order valence-corrected chi connectivity index (χ3v) is 0.493. The Morgan fingerprint density at radius 2 is 2.14 bits per heavy atom. The van der Waals surface area contributed by atoms with Crippen LogP contribution in [0.3, 0.4) is 0 Å². The Labute approximate surface area is 40.9 Å². The Morgan fingerprint density at radius 1 is 1.71 bits per heavy atom. The van der Waals surface area contributed by atoms with Crippen molar-refractivity contribution in [2.75, 3.05) is 6.61 Å². The molecule has 0 aliphatic rings. The molecule has 0 aliphatic heterocycles. The van der Waals surface area contributed by atoms with Crippen molar-refractivity contribution in [3.05, 3.63) is 12.2 Å². The van der Waals surface area contributed by atoms with E-state index in [0.717, 1.165) is 0 Å². The van der Waals surface area contributed by atoms with Crippen molar-refractivity contribution in [3.63, 3.8) is 0 Å². The van der Waals surface area contributed by atoms with Crippen LogP contribution in [0.25, 0.3) is 0 Å². The molecule has 0 aromatic carbocycles. The minimum absolute atomic E-state index is 0.181. The summed E-state index contributed by atoms with van der Waals surface area (Å²) in [6.07, 6.45) is 0. The molecule has 0 saturated carbocycles. The van der Waals surface area contributed by atoms with Crippen LogP contribution in [0.15, 0.2) is 12.2 Å². The molecule has 0 saturated heterocycles. The molecule has 0 aromatic heterocycles. The van der Waals surface area contributed by atoms with Gasteiger partial charge in [-0.3, -0.25) is 0 Å². The number of aliphatic hydroxyl groups excluding tert-OH is 1. The quantitative estimate of drug-likeness (QED) is 0.467. The average molecular weight is 102 g/mol. The number of hydrogen-bond acceptors (Lipinski definition) is 2. The third-order valence-electron chi connectivity index (χ3n) is 0.493. The van der Waals surface area contributed by atoms with E-state index in [2.05, 4.69) is 6.58 Å². The highest BCUT2D eigenvalue weighted by molar-refractivity contribution is 5.85. The van der Waals surface area contributed by atoms with E-state index in [9.17, 15) is 4.79 Å². The molecule has 0 atom stereocenters. The second-order valence-electron chi connectivity index (χ2n) is 1.07. The van der Waals surface area contributed by atoms with Gasteiger partial charge >= 0.3 is 5.97 Å². The van der Waals surface area contributed by atoms with Gasteiger partial charge in [-0.15, -0.1) is 0 Å². The molecular weight excluding hydrogens is 96.0 g/mol. The molecule has 2 N–H and O–H groups in total. The molecule has 3 nitrogen and oxygen atoms in total. The highest BCUT2D eigenvalue weighted by Gasteiger charge is 1.97. The first-order valence-electron chi connectivity index (χ1n) is 1.70. The summed E-state index contributed by atoms with van der Waals surface area (Å²) in [4.78, 5) is 9.67. The van der Waals surface area contributed by atoms with Crippen LogP contribution >= 0.6 is 0 Å². The van der Waals surface area contributed by atoms with Gasteiger partial charge in [0.05, 0.1) is 12.2 Å². The van der Waals surface area contributed by atoms with E-state index in [-0.39, 0.29) is 5.57 Å². The molecule has 3 heteroatoms. The van der Waals surface area contributed by atoms with E-state index in [1.165, 1.54) is 0 Å². The van der Waals surface area contributed by atoms with Gasteiger partial charge < -0.3 is 10.2 Å². The molecule has 40 valence electrons. The number of aliphatic carboxylic acids is 1. The largest absolute Gasteiger partial charge is 0.478 e. The van der Waals surface area contributed by atoms with Crippen molar-refractivity contribution in [2.24, 2.45) is 0 Å². The van der Waals surface area contributed by atoms with Gasteiger partial charge in [0.15, 0.2) is 0 Å². The summed E-state index contributed by atoms with van der Waals surface area (Å²) >= 11 is 0. The summed E-state index contributed by atoms with van der Waals surface area (Å²) in [5.74, 6) is -1.15. The van der Waals surface area contributed by atoms with E-state index in [1.54, 1.807) is 0 Å². The maximum absolute atomic E-state index is 9.67. The zero-order valence-electron chi connectivity index (χ0n) is 3.72. The van der Waals surface area contributed by atoms with Crippen LogP contribution in [0, 0.1) is 0 Å². The minimum Gasteiger partial charge on any atom is -0.478 e. The summed E-state index contributed by atoms with van der Waals surface area (Å²) in [5, 5.41) is 15.9. The van der Waals surface area contributed by atoms with Gasteiger partial charge in [-0.25, -0.2) is 4.79 Å². The Kier molecular flexibility index (Phi) is 2.08. The molecule has 7 heavy (non-hydrogen) atoms. The summed E-state index contributed by atoms with van der Waals surface area (Å²) in [6.45, 7) is 2.55. The Hall–Kier alpha value is -0.830. The van der Waals surface area contributed by atoms with Crippen LogP contribution in [0.4, 0.5) is 0 Å². The van der Waals surface area contributed by atoms with Gasteiger partial charge in [0.25, 0.3) is 0 Å². The molecular formula is C4H6O3. The lowest BCUT2D eigenvalue weighted by atomic mass is 10.3. The van der Waals surface area contributed by atoms with Crippen molar-refractivity contribution in [1.82, 2.24) is 0 Å². The highest BCUT2D eigenvalue weighted by atomic mass is 16.4. The molecule has 0 unspecified atom stereocenters. The zero-order valence-corrected chi connectivity index (χ0v) is 3.72. The number of carbonyl (C=O) groups is 1. The van der Waals surface area contributed by atoms with Crippen LogP contribution in [0.2, 0.25) is 0 Å². The normalized spacial score (nSPS) is 8.14. The molecule has 0 heterocycles. The van der Waals surface area contributed by atoms with Crippen molar-refractivity contribution in [2.45, 2.75) is 0 Å². The lowest BCUT2D eigenvalue weighted by Gasteiger charge is -1.87. The molecule has 0 radical (unpaired) electrons. The molecule has 0 spiro atoms. The second kappa shape index (κ2) is 2.36. The standard InChI is InChI=1S/C4H6O3/c1-3(2-5)4(6)7/h5H,1-2H2,(H,6,7). The van der Waals surface area contributed by atoms with E-state index >= 15 is 0 Å². The number of hydrogen-bond donors (Lipinski definition) is 2. The van der Waals surface area contributed by atoms with Crippen LogP contribution in [0.5, 0.6) is 0 Å². The average Bonchev–Trinajstić information content (AvgIpc) is 1.65. The first-order chi connectivity index (χ1) is 3.18. The summed E-state index contributed by atoms with van der Waals surface area (Å²) in [6, 6.07) is 0. The van der Waals surface area contributed by atoms with Gasteiger partial charge in [-0.05, 0) is 0 Å². The fourth-order valence-corrected chi connectivity index (χ4v) is 0.0676. The number of carboxylic acid groups (broad SMARTS) is 1. The van der Waals surface area contributed by atoms with Crippen LogP contribution in [-0.4, -0.2) is 22.8 Å². The molecule has 0 amide bonds. The number of rotatable bonds is 2. The minimum atomic E-state index is -1.15. The maximum atomic E-state index is 9.67. The smallest absolute Gasteiger partial charge is 0.333 e. The summed E-state index contributed by atoms with van der Waals surface area (Å²) in [5.41, 5.74) is -0.181. The van der Waals surface area contributed by atoms with Crippen molar-refractivity contribution >= 4 is 5.97 Å².